The summed E-state index contributed by atoms with van der Waals surface area (Å²) in [5.74, 6) is -1.07. The minimum Gasteiger partial charge on any atom is -0.467 e. The van der Waals surface area contributed by atoms with Crippen molar-refractivity contribution in [1.29, 1.82) is 0 Å². The molecule has 1 atom stereocenters. The number of alkyl halides is 1. The predicted molar refractivity (Wildman–Crippen MR) is 74.7 cm³/mol. The number of hydrogen-bond donors (Lipinski definition) is 1. The van der Waals surface area contributed by atoms with E-state index in [2.05, 4.69) is 25.3 Å². The second-order valence-corrected chi connectivity index (χ2v) is 4.67. The molecule has 11 heteroatoms. The number of methoxy groups -OCH3 is 1. The molecule has 0 aliphatic heterocycles. The van der Waals surface area contributed by atoms with Crippen molar-refractivity contribution in [2.75, 3.05) is 13.0 Å². The highest BCUT2D eigenvalue weighted by Gasteiger charge is 2.22. The van der Waals surface area contributed by atoms with Crippen LogP contribution in [0, 0.1) is 0 Å². The lowest BCUT2D eigenvalue weighted by atomic mass is 10.3. The number of aromatic nitrogens is 5. The van der Waals surface area contributed by atoms with Crippen LogP contribution in [0.4, 0.5) is 0 Å². The topological polar surface area (TPSA) is 120 Å². The van der Waals surface area contributed by atoms with Gasteiger partial charge >= 0.3 is 11.7 Å². The number of ether oxygens (including phenoxy) is 1. The number of carbonyl (C=O) groups is 2. The monoisotopic (exact) mass is 328 g/mol. The van der Waals surface area contributed by atoms with Crippen LogP contribution in [-0.4, -0.2) is 55.3 Å². The van der Waals surface area contributed by atoms with Gasteiger partial charge in [0.1, 0.15) is 12.4 Å². The van der Waals surface area contributed by atoms with E-state index in [-0.39, 0.29) is 23.8 Å². The van der Waals surface area contributed by atoms with Crippen molar-refractivity contribution in [1.82, 2.24) is 29.7 Å². The zero-order valence-electron chi connectivity index (χ0n) is 11.8. The summed E-state index contributed by atoms with van der Waals surface area (Å²) in [6.45, 7) is 1.64. The molecule has 0 aliphatic rings. The van der Waals surface area contributed by atoms with Gasteiger partial charge in [-0.1, -0.05) is 5.21 Å². The highest BCUT2D eigenvalue weighted by molar-refractivity contribution is 6.17. The fourth-order valence-electron chi connectivity index (χ4n) is 1.72. The van der Waals surface area contributed by atoms with Crippen molar-refractivity contribution < 1.29 is 14.3 Å². The Bertz CT molecular complexity index is 770. The average Bonchev–Trinajstić information content (AvgIpc) is 2.94. The summed E-state index contributed by atoms with van der Waals surface area (Å²) < 4.78 is 6.64. The number of nitrogens with one attached hydrogen (secondary N) is 1. The largest absolute Gasteiger partial charge is 0.467 e. The number of nitrogens with zero attached hydrogens (tertiary/aromatic N) is 5. The van der Waals surface area contributed by atoms with E-state index in [1.165, 1.54) is 14.0 Å². The van der Waals surface area contributed by atoms with Gasteiger partial charge in [0.15, 0.2) is 11.3 Å². The van der Waals surface area contributed by atoms with Crippen molar-refractivity contribution in [2.24, 2.45) is 0 Å². The Hall–Kier alpha value is -2.49. The van der Waals surface area contributed by atoms with E-state index in [0.29, 0.717) is 0 Å². The molecule has 0 saturated carbocycles. The summed E-state index contributed by atoms with van der Waals surface area (Å²) in [4.78, 5) is 39.3. The van der Waals surface area contributed by atoms with Crippen LogP contribution in [0.25, 0.3) is 5.65 Å². The molecule has 2 rings (SSSR count). The summed E-state index contributed by atoms with van der Waals surface area (Å²) in [5.41, 5.74) is -0.637. The normalized spacial score (nSPS) is 12.1. The smallest absolute Gasteiger partial charge is 0.353 e. The van der Waals surface area contributed by atoms with E-state index in [1.807, 2.05) is 0 Å². The third kappa shape index (κ3) is 2.91. The van der Waals surface area contributed by atoms with Crippen molar-refractivity contribution in [3.63, 3.8) is 0 Å². The molecule has 2 heterocycles. The van der Waals surface area contributed by atoms with Crippen LogP contribution in [0.1, 0.15) is 17.4 Å². The van der Waals surface area contributed by atoms with Gasteiger partial charge in [-0.3, -0.25) is 4.79 Å². The zero-order chi connectivity index (χ0) is 16.3. The molecule has 22 heavy (non-hydrogen) atoms. The van der Waals surface area contributed by atoms with Crippen LogP contribution in [0.15, 0.2) is 11.1 Å². The van der Waals surface area contributed by atoms with Gasteiger partial charge in [-0.2, -0.15) is 4.68 Å². The van der Waals surface area contributed by atoms with E-state index in [4.69, 9.17) is 11.6 Å². The quantitative estimate of drug-likeness (QED) is 0.541. The van der Waals surface area contributed by atoms with Crippen LogP contribution in [0.2, 0.25) is 0 Å². The minimum absolute atomic E-state index is 0.00890. The average molecular weight is 329 g/mol. The molecule has 0 spiro atoms. The summed E-state index contributed by atoms with van der Waals surface area (Å²) in [5, 5.41) is 9.87. The molecular weight excluding hydrogens is 316 g/mol. The Morgan fingerprint density at radius 1 is 1.50 bits per heavy atom. The first-order valence-electron chi connectivity index (χ1n) is 6.25. The molecule has 10 nitrogen and oxygen atoms in total. The molecule has 1 amide bonds. The number of imidazole rings is 1. The van der Waals surface area contributed by atoms with Crippen molar-refractivity contribution in [3.8, 4) is 0 Å². The van der Waals surface area contributed by atoms with Crippen molar-refractivity contribution in [2.45, 2.75) is 19.5 Å². The highest BCUT2D eigenvalue weighted by Crippen LogP contribution is 2.03. The second-order valence-electron chi connectivity index (χ2n) is 4.29. The lowest BCUT2D eigenvalue weighted by Gasteiger charge is -2.10. The fraction of sp³-hybridized carbons (Fsp3) is 0.455. The number of amides is 1. The molecule has 2 aromatic rings. The van der Waals surface area contributed by atoms with Gasteiger partial charge in [-0.15, -0.1) is 16.7 Å². The Morgan fingerprint density at radius 3 is 2.86 bits per heavy atom. The lowest BCUT2D eigenvalue weighted by Crippen LogP contribution is -2.39. The maximum Gasteiger partial charge on any atom is 0.353 e. The standard InChI is InChI=1S/C11H13ClN6O4/c1-6(10(20)22-2)14-9(19)7-8-15-16-18(4-3-12)11(21)17(8)5-13-7/h5-6H,3-4H2,1-2H3,(H,14,19)/t6-/m0/s1. The third-order valence-corrected chi connectivity index (χ3v) is 3.00. The molecule has 0 bridgehead atoms. The Balaban J connectivity index is 2.33. The van der Waals surface area contributed by atoms with E-state index in [9.17, 15) is 14.4 Å². The fourth-order valence-corrected chi connectivity index (χ4v) is 1.88. The van der Waals surface area contributed by atoms with Gasteiger partial charge in [0.2, 0.25) is 0 Å². The summed E-state index contributed by atoms with van der Waals surface area (Å²) in [6, 6.07) is -0.862. The van der Waals surface area contributed by atoms with Gasteiger partial charge in [-0.25, -0.2) is 19.0 Å². The van der Waals surface area contributed by atoms with E-state index in [1.54, 1.807) is 0 Å². The maximum atomic E-state index is 12.1. The van der Waals surface area contributed by atoms with E-state index < -0.39 is 23.6 Å². The van der Waals surface area contributed by atoms with Gasteiger partial charge in [0.05, 0.1) is 13.7 Å². The lowest BCUT2D eigenvalue weighted by molar-refractivity contribution is -0.142. The molecule has 0 radical (unpaired) electrons. The minimum atomic E-state index is -0.862. The Labute approximate surface area is 129 Å². The van der Waals surface area contributed by atoms with Crippen LogP contribution in [0.3, 0.4) is 0 Å². The van der Waals surface area contributed by atoms with Gasteiger partial charge in [0.25, 0.3) is 5.91 Å². The van der Waals surface area contributed by atoms with Crippen LogP contribution < -0.4 is 11.0 Å². The van der Waals surface area contributed by atoms with Crippen LogP contribution >= 0.6 is 11.6 Å². The Morgan fingerprint density at radius 2 is 2.23 bits per heavy atom. The number of aryl methyl sites for hydroxylation is 1. The Kier molecular flexibility index (Phi) is 4.71. The number of rotatable bonds is 5. The molecule has 0 unspecified atom stereocenters. The molecule has 1 N–H and O–H groups in total. The molecule has 0 aliphatic carbocycles. The number of esters is 1. The van der Waals surface area contributed by atoms with Gasteiger partial charge in [-0.05, 0) is 6.92 Å². The van der Waals surface area contributed by atoms with Crippen LogP contribution in [-0.2, 0) is 16.1 Å². The molecule has 0 saturated heterocycles. The van der Waals surface area contributed by atoms with E-state index >= 15 is 0 Å². The molecule has 2 aromatic heterocycles. The number of fused-ring (bicyclic) bond motifs is 1. The first kappa shape index (κ1) is 15.9. The third-order valence-electron chi connectivity index (χ3n) is 2.83. The van der Waals surface area contributed by atoms with Crippen molar-refractivity contribution in [3.05, 3.63) is 22.5 Å². The molecular formula is C11H13ClN6O4. The number of carbonyl (C=O) groups excluding carboxylic acids is 2. The van der Waals surface area contributed by atoms with Gasteiger partial charge < -0.3 is 10.1 Å². The summed E-state index contributed by atoms with van der Waals surface area (Å²) in [6.07, 6.45) is 1.16. The highest BCUT2D eigenvalue weighted by atomic mass is 35.5. The number of hydrogen-bond acceptors (Lipinski definition) is 7. The number of halogens is 1. The van der Waals surface area contributed by atoms with Gasteiger partial charge in [0, 0.05) is 5.88 Å². The molecule has 0 fully saturated rings. The maximum absolute atomic E-state index is 12.1. The second kappa shape index (κ2) is 6.52. The SMILES string of the molecule is COC(=O)[C@H](C)NC(=O)c1ncn2c(=O)n(CCCl)nnc12. The molecule has 118 valence electrons. The first-order valence-corrected chi connectivity index (χ1v) is 6.78. The van der Waals surface area contributed by atoms with E-state index in [0.717, 1.165) is 15.4 Å². The zero-order valence-corrected chi connectivity index (χ0v) is 12.6. The van der Waals surface area contributed by atoms with Crippen LogP contribution in [0.5, 0.6) is 0 Å². The van der Waals surface area contributed by atoms with Crippen molar-refractivity contribution >= 4 is 29.1 Å². The first-order chi connectivity index (χ1) is 10.5. The summed E-state index contributed by atoms with van der Waals surface area (Å²) in [7, 11) is 1.21. The predicted octanol–water partition coefficient (Wildman–Crippen LogP) is -1.18. The summed E-state index contributed by atoms with van der Waals surface area (Å²) >= 11 is 5.56. The molecule has 0 aromatic carbocycles.